The predicted molar refractivity (Wildman–Crippen MR) is 49.2 cm³/mol. The number of halogens is 1. The van der Waals surface area contributed by atoms with Crippen LogP contribution < -0.4 is 0 Å². The van der Waals surface area contributed by atoms with Gasteiger partial charge in [-0.2, -0.15) is 0 Å². The lowest BCUT2D eigenvalue weighted by Gasteiger charge is -2.25. The minimum Gasteiger partial charge on any atom is -0.351 e. The fourth-order valence-electron chi connectivity index (χ4n) is 0.945. The van der Waals surface area contributed by atoms with Crippen molar-refractivity contribution >= 4 is 11.6 Å². The molecule has 1 aliphatic heterocycles. The second-order valence-electron chi connectivity index (χ2n) is 3.19. The van der Waals surface area contributed by atoms with Gasteiger partial charge < -0.3 is 4.90 Å². The molecule has 1 aliphatic rings. The maximum atomic E-state index is 5.97. The van der Waals surface area contributed by atoms with Crippen LogP contribution in [0.4, 0.5) is 0 Å². The lowest BCUT2D eigenvalue weighted by Crippen LogP contribution is -2.22. The highest BCUT2D eigenvalue weighted by Gasteiger charge is 2.11. The highest BCUT2D eigenvalue weighted by molar-refractivity contribution is 6.30. The van der Waals surface area contributed by atoms with Crippen LogP contribution in [0.5, 0.6) is 0 Å². The molecule has 0 aliphatic carbocycles. The first-order chi connectivity index (χ1) is 5.11. The molecule has 1 rings (SSSR count). The quantitative estimate of drug-likeness (QED) is 0.587. The van der Waals surface area contributed by atoms with E-state index in [4.69, 9.17) is 11.6 Å². The van der Waals surface area contributed by atoms with Gasteiger partial charge in [-0.25, -0.2) is 0 Å². The van der Waals surface area contributed by atoms with Crippen LogP contribution in [-0.4, -0.2) is 10.9 Å². The first-order valence-electron chi connectivity index (χ1n) is 3.94. The Bertz CT molecular complexity index is 194. The summed E-state index contributed by atoms with van der Waals surface area (Å²) in [7, 11) is 0. The molecule has 1 unspecified atom stereocenters. The van der Waals surface area contributed by atoms with E-state index in [0.29, 0.717) is 12.0 Å². The Balaban J connectivity index is 2.69. The molecule has 1 nitrogen and oxygen atoms in total. The van der Waals surface area contributed by atoms with Gasteiger partial charge in [0.1, 0.15) is 0 Å². The van der Waals surface area contributed by atoms with Crippen molar-refractivity contribution in [2.45, 2.75) is 26.8 Å². The average Bonchev–Trinajstić information content (AvgIpc) is 1.94. The van der Waals surface area contributed by atoms with Crippen LogP contribution in [0, 0.1) is 5.92 Å². The molecule has 0 saturated heterocycles. The van der Waals surface area contributed by atoms with E-state index in [2.05, 4.69) is 37.9 Å². The fourth-order valence-corrected chi connectivity index (χ4v) is 1.13. The second kappa shape index (κ2) is 3.31. The van der Waals surface area contributed by atoms with Crippen molar-refractivity contribution in [3.05, 3.63) is 23.5 Å². The number of rotatable bonds is 1. The number of nitrogens with zero attached hydrogens (tertiary/aromatic N) is 1. The van der Waals surface area contributed by atoms with Gasteiger partial charge in [-0.05, 0) is 13.8 Å². The van der Waals surface area contributed by atoms with Crippen molar-refractivity contribution in [3.63, 3.8) is 0 Å². The Morgan fingerprint density at radius 1 is 1.55 bits per heavy atom. The van der Waals surface area contributed by atoms with Crippen molar-refractivity contribution in [2.24, 2.45) is 5.92 Å². The largest absolute Gasteiger partial charge is 0.351 e. The molecule has 0 amide bonds. The Hall–Kier alpha value is -0.430. The Morgan fingerprint density at radius 2 is 2.18 bits per heavy atom. The molecular formula is C9H14ClN. The van der Waals surface area contributed by atoms with E-state index >= 15 is 0 Å². The molecule has 0 aromatic rings. The van der Waals surface area contributed by atoms with Crippen LogP contribution in [0.25, 0.3) is 0 Å². The van der Waals surface area contributed by atoms with E-state index in [1.165, 1.54) is 0 Å². The minimum atomic E-state index is 0.381. The van der Waals surface area contributed by atoms with Crippen LogP contribution in [0.3, 0.4) is 0 Å². The van der Waals surface area contributed by atoms with Gasteiger partial charge in [-0.3, -0.25) is 0 Å². The van der Waals surface area contributed by atoms with E-state index in [9.17, 15) is 0 Å². The number of hydrogen-bond donors (Lipinski definition) is 0. The van der Waals surface area contributed by atoms with E-state index in [1.807, 2.05) is 6.20 Å². The summed E-state index contributed by atoms with van der Waals surface area (Å²) in [5, 5.41) is 0.918. The van der Waals surface area contributed by atoms with E-state index in [1.54, 1.807) is 0 Å². The third-order valence-corrected chi connectivity index (χ3v) is 2.29. The molecule has 1 heterocycles. The van der Waals surface area contributed by atoms with Gasteiger partial charge in [0.25, 0.3) is 0 Å². The normalized spacial score (nSPS) is 24.3. The molecule has 0 bridgehead atoms. The highest BCUT2D eigenvalue weighted by atomic mass is 35.5. The monoisotopic (exact) mass is 171 g/mol. The molecule has 0 aromatic heterocycles. The fraction of sp³-hybridized carbons (Fsp3) is 0.556. The Morgan fingerprint density at radius 3 is 2.64 bits per heavy atom. The second-order valence-corrected chi connectivity index (χ2v) is 3.62. The van der Waals surface area contributed by atoms with Crippen molar-refractivity contribution < 1.29 is 0 Å². The smallest absolute Gasteiger partial charge is 0.0409 e. The van der Waals surface area contributed by atoms with Crippen molar-refractivity contribution in [1.82, 2.24) is 4.90 Å². The minimum absolute atomic E-state index is 0.381. The molecule has 1 atom stereocenters. The first kappa shape index (κ1) is 8.66. The molecule has 0 spiro atoms. The maximum Gasteiger partial charge on any atom is 0.0409 e. The summed E-state index contributed by atoms with van der Waals surface area (Å²) in [6.45, 7) is 6.37. The van der Waals surface area contributed by atoms with Gasteiger partial charge in [0.2, 0.25) is 0 Å². The third-order valence-electron chi connectivity index (χ3n) is 1.85. The summed E-state index contributed by atoms with van der Waals surface area (Å²) in [4.78, 5) is 2.11. The average molecular weight is 172 g/mol. The molecule has 2 heteroatoms. The summed E-state index contributed by atoms with van der Waals surface area (Å²) in [6, 6.07) is 0.493. The Labute approximate surface area is 73.3 Å². The number of allylic oxidation sites excluding steroid dienone is 2. The zero-order valence-corrected chi connectivity index (χ0v) is 7.97. The standard InChI is InChI=1S/C9H14ClN/c1-7(2)11-5-4-8(3)9(10)6-11/h4-8H,1-3H3. The SMILES string of the molecule is CC1C=CN(C(C)C)C=C1Cl. The van der Waals surface area contributed by atoms with Crippen LogP contribution in [0.15, 0.2) is 23.5 Å². The maximum absolute atomic E-state index is 5.97. The molecule has 0 aromatic carbocycles. The van der Waals surface area contributed by atoms with E-state index < -0.39 is 0 Å². The van der Waals surface area contributed by atoms with Gasteiger partial charge in [0, 0.05) is 29.4 Å². The van der Waals surface area contributed by atoms with Gasteiger partial charge >= 0.3 is 0 Å². The predicted octanol–water partition coefficient (Wildman–Crippen LogP) is 2.94. The van der Waals surface area contributed by atoms with Crippen LogP contribution in [0.1, 0.15) is 20.8 Å². The summed E-state index contributed by atoms with van der Waals surface area (Å²) in [5.41, 5.74) is 0. The number of hydrogen-bond acceptors (Lipinski definition) is 1. The topological polar surface area (TPSA) is 3.24 Å². The lowest BCUT2D eigenvalue weighted by molar-refractivity contribution is 0.404. The van der Waals surface area contributed by atoms with Crippen molar-refractivity contribution in [2.75, 3.05) is 0 Å². The summed E-state index contributed by atoms with van der Waals surface area (Å²) in [6.07, 6.45) is 6.19. The molecular weight excluding hydrogens is 158 g/mol. The van der Waals surface area contributed by atoms with Gasteiger partial charge in [0.05, 0.1) is 0 Å². The highest BCUT2D eigenvalue weighted by Crippen LogP contribution is 2.22. The lowest BCUT2D eigenvalue weighted by atomic mass is 10.1. The van der Waals surface area contributed by atoms with Gasteiger partial charge in [-0.15, -0.1) is 0 Å². The first-order valence-corrected chi connectivity index (χ1v) is 4.32. The third kappa shape index (κ3) is 2.00. The van der Waals surface area contributed by atoms with Crippen LogP contribution in [0.2, 0.25) is 0 Å². The van der Waals surface area contributed by atoms with Gasteiger partial charge in [-0.1, -0.05) is 24.6 Å². The molecule has 0 N–H and O–H groups in total. The molecule has 0 saturated carbocycles. The molecule has 11 heavy (non-hydrogen) atoms. The zero-order valence-electron chi connectivity index (χ0n) is 7.21. The molecule has 0 radical (unpaired) electrons. The molecule has 0 fully saturated rings. The summed E-state index contributed by atoms with van der Waals surface area (Å²) in [5.74, 6) is 0.381. The summed E-state index contributed by atoms with van der Waals surface area (Å²) >= 11 is 5.97. The van der Waals surface area contributed by atoms with E-state index in [-0.39, 0.29) is 0 Å². The van der Waals surface area contributed by atoms with Crippen molar-refractivity contribution in [1.29, 1.82) is 0 Å². The Kier molecular flexibility index (Phi) is 2.61. The molecule has 62 valence electrons. The zero-order chi connectivity index (χ0) is 8.43. The van der Waals surface area contributed by atoms with Crippen LogP contribution in [-0.2, 0) is 0 Å². The van der Waals surface area contributed by atoms with Crippen molar-refractivity contribution in [3.8, 4) is 0 Å². The van der Waals surface area contributed by atoms with Crippen LogP contribution >= 0.6 is 11.6 Å². The van der Waals surface area contributed by atoms with E-state index in [0.717, 1.165) is 5.03 Å². The van der Waals surface area contributed by atoms with Gasteiger partial charge in [0.15, 0.2) is 0 Å². The summed E-state index contributed by atoms with van der Waals surface area (Å²) < 4.78 is 0.